The summed E-state index contributed by atoms with van der Waals surface area (Å²) in [4.78, 5) is 27.1. The Kier molecular flexibility index (Phi) is 3.36. The Morgan fingerprint density at radius 3 is 2.84 bits per heavy atom. The van der Waals surface area contributed by atoms with Crippen LogP contribution in [-0.4, -0.2) is 14.5 Å². The molecule has 6 nitrogen and oxygen atoms in total. The number of thiophene rings is 1. The molecule has 0 N–H and O–H groups in total. The zero-order chi connectivity index (χ0) is 17.7. The minimum atomic E-state index is -0.731. The van der Waals surface area contributed by atoms with Crippen molar-refractivity contribution < 1.29 is 9.31 Å². The van der Waals surface area contributed by atoms with Gasteiger partial charge in [0.05, 0.1) is 27.0 Å². The molecule has 0 spiro atoms. The fourth-order valence-electron chi connectivity index (χ4n) is 2.84. The summed E-state index contributed by atoms with van der Waals surface area (Å²) in [5.41, 5.74) is 0.415. The molecule has 4 rings (SSSR count). The summed E-state index contributed by atoms with van der Waals surface area (Å²) in [6, 6.07) is 8.18. The zero-order valence-electron chi connectivity index (χ0n) is 12.9. The van der Waals surface area contributed by atoms with Gasteiger partial charge >= 0.3 is 5.69 Å². The minimum Gasteiger partial charge on any atom is -0.343 e. The summed E-state index contributed by atoms with van der Waals surface area (Å²) >= 11 is 1.25. The molecule has 0 atom stereocenters. The molecule has 8 heteroatoms. The van der Waals surface area contributed by atoms with Gasteiger partial charge in [0.1, 0.15) is 11.3 Å². The molecule has 0 aliphatic carbocycles. The lowest BCUT2D eigenvalue weighted by Gasteiger charge is -2.06. The molecule has 0 aliphatic rings. The number of benzene rings is 1. The number of halogens is 1. The fraction of sp³-hybridized carbons (Fsp3) is 0.0588. The predicted octanol–water partition coefficient (Wildman–Crippen LogP) is 3.86. The van der Waals surface area contributed by atoms with Gasteiger partial charge < -0.3 is 4.57 Å². The number of nitro groups is 1. The molecule has 4 aromatic rings. The first-order valence-electron chi connectivity index (χ1n) is 7.28. The number of fused-ring (bicyclic) bond motifs is 2. The maximum absolute atomic E-state index is 13.9. The summed E-state index contributed by atoms with van der Waals surface area (Å²) in [6.07, 6.45) is 1.18. The molecule has 0 fully saturated rings. The normalized spacial score (nSPS) is 11.3. The standard InChI is InChI=1S/C17H10FN3O3S/c1-20-7-14(21(23)24)16(22)15-13(20)6-5-12(19-15)10-8-25-17-9(10)3-2-4-11(17)18/h2-8H,1H3. The van der Waals surface area contributed by atoms with Crippen LogP contribution in [0.25, 0.3) is 32.4 Å². The molecular weight excluding hydrogens is 345 g/mol. The van der Waals surface area contributed by atoms with Gasteiger partial charge in [-0.3, -0.25) is 14.9 Å². The van der Waals surface area contributed by atoms with Crippen LogP contribution in [0.5, 0.6) is 0 Å². The molecule has 0 unspecified atom stereocenters. The summed E-state index contributed by atoms with van der Waals surface area (Å²) in [7, 11) is 1.62. The van der Waals surface area contributed by atoms with Gasteiger partial charge in [0.15, 0.2) is 0 Å². The van der Waals surface area contributed by atoms with Crippen molar-refractivity contribution in [2.24, 2.45) is 7.05 Å². The molecule has 0 radical (unpaired) electrons. The van der Waals surface area contributed by atoms with Crippen LogP contribution >= 0.6 is 11.3 Å². The molecule has 1 aromatic carbocycles. The van der Waals surface area contributed by atoms with Gasteiger partial charge in [-0.05, 0) is 18.2 Å². The van der Waals surface area contributed by atoms with E-state index in [1.165, 1.54) is 28.2 Å². The van der Waals surface area contributed by atoms with Crippen LogP contribution in [0.2, 0.25) is 0 Å². The molecule has 124 valence electrons. The first-order valence-corrected chi connectivity index (χ1v) is 8.16. The van der Waals surface area contributed by atoms with Crippen molar-refractivity contribution in [1.29, 1.82) is 0 Å². The van der Waals surface area contributed by atoms with E-state index in [1.54, 1.807) is 36.7 Å². The van der Waals surface area contributed by atoms with E-state index >= 15 is 0 Å². The number of hydrogen-bond acceptors (Lipinski definition) is 5. The van der Waals surface area contributed by atoms with Crippen LogP contribution in [0, 0.1) is 15.9 Å². The smallest absolute Gasteiger partial charge is 0.334 e. The summed E-state index contributed by atoms with van der Waals surface area (Å²) < 4.78 is 15.9. The number of rotatable bonds is 2. The molecule has 0 saturated heterocycles. The maximum Gasteiger partial charge on any atom is 0.334 e. The van der Waals surface area contributed by atoms with Crippen molar-refractivity contribution in [3.63, 3.8) is 0 Å². The second kappa shape index (κ2) is 5.45. The van der Waals surface area contributed by atoms with Crippen LogP contribution in [0.1, 0.15) is 0 Å². The van der Waals surface area contributed by atoms with E-state index in [2.05, 4.69) is 4.98 Å². The largest absolute Gasteiger partial charge is 0.343 e. The van der Waals surface area contributed by atoms with Crippen molar-refractivity contribution in [3.05, 3.63) is 68.1 Å². The molecule has 25 heavy (non-hydrogen) atoms. The molecule has 0 bridgehead atoms. The van der Waals surface area contributed by atoms with E-state index in [0.717, 1.165) is 0 Å². The Morgan fingerprint density at radius 1 is 1.28 bits per heavy atom. The Bertz CT molecular complexity index is 1230. The molecule has 3 heterocycles. The van der Waals surface area contributed by atoms with Gasteiger partial charge in [-0.15, -0.1) is 11.3 Å². The number of hydrogen-bond donors (Lipinski definition) is 0. The SMILES string of the molecule is Cn1cc([N+](=O)[O-])c(=O)c2nc(-c3csc4c(F)cccc34)ccc21. The Balaban J connectivity index is 2.03. The van der Waals surface area contributed by atoms with Gasteiger partial charge in [-0.1, -0.05) is 12.1 Å². The third-order valence-corrected chi connectivity index (χ3v) is 5.05. The average Bonchev–Trinajstić information content (AvgIpc) is 3.03. The Labute approximate surface area is 143 Å². The highest BCUT2D eigenvalue weighted by Crippen LogP contribution is 2.34. The van der Waals surface area contributed by atoms with Crippen LogP contribution in [0.3, 0.4) is 0 Å². The first-order chi connectivity index (χ1) is 12.0. The number of pyridine rings is 2. The summed E-state index contributed by atoms with van der Waals surface area (Å²) in [6.45, 7) is 0. The topological polar surface area (TPSA) is 78.0 Å². The van der Waals surface area contributed by atoms with Crippen molar-refractivity contribution >= 4 is 38.1 Å². The second-order valence-corrected chi connectivity index (χ2v) is 6.42. The lowest BCUT2D eigenvalue weighted by Crippen LogP contribution is -2.13. The fourth-order valence-corrected chi connectivity index (χ4v) is 3.81. The van der Waals surface area contributed by atoms with Crippen molar-refractivity contribution in [1.82, 2.24) is 9.55 Å². The average molecular weight is 355 g/mol. The van der Waals surface area contributed by atoms with Crippen molar-refractivity contribution in [2.75, 3.05) is 0 Å². The van der Waals surface area contributed by atoms with Crippen LogP contribution in [-0.2, 0) is 7.05 Å². The van der Waals surface area contributed by atoms with E-state index in [0.29, 0.717) is 26.9 Å². The van der Waals surface area contributed by atoms with Gasteiger partial charge in [-0.2, -0.15) is 0 Å². The van der Waals surface area contributed by atoms with E-state index < -0.39 is 16.0 Å². The van der Waals surface area contributed by atoms with Crippen molar-refractivity contribution in [3.8, 4) is 11.3 Å². The lowest BCUT2D eigenvalue weighted by molar-refractivity contribution is -0.386. The van der Waals surface area contributed by atoms with Crippen LogP contribution in [0.4, 0.5) is 10.1 Å². The first kappa shape index (κ1) is 15.4. The van der Waals surface area contributed by atoms with E-state index in [9.17, 15) is 19.3 Å². The van der Waals surface area contributed by atoms with Crippen LogP contribution in [0.15, 0.2) is 46.7 Å². The van der Waals surface area contributed by atoms with E-state index in [-0.39, 0.29) is 11.3 Å². The third kappa shape index (κ3) is 2.30. The van der Waals surface area contributed by atoms with Crippen LogP contribution < -0.4 is 5.43 Å². The van der Waals surface area contributed by atoms with Gasteiger partial charge in [0.2, 0.25) is 0 Å². The predicted molar refractivity (Wildman–Crippen MR) is 94.4 cm³/mol. The van der Waals surface area contributed by atoms with E-state index in [1.807, 2.05) is 0 Å². The molecule has 0 amide bonds. The summed E-state index contributed by atoms with van der Waals surface area (Å²) in [5, 5.41) is 13.5. The van der Waals surface area contributed by atoms with Gasteiger partial charge in [0, 0.05) is 23.4 Å². The van der Waals surface area contributed by atoms with Crippen molar-refractivity contribution in [2.45, 2.75) is 0 Å². The quantitative estimate of drug-likeness (QED) is 0.404. The number of nitrogens with zero attached hydrogens (tertiary/aromatic N) is 3. The molecule has 0 saturated carbocycles. The third-order valence-electron chi connectivity index (χ3n) is 4.04. The number of aryl methyl sites for hydroxylation is 1. The lowest BCUT2D eigenvalue weighted by atomic mass is 10.1. The monoisotopic (exact) mass is 355 g/mol. The van der Waals surface area contributed by atoms with Gasteiger partial charge in [-0.25, -0.2) is 9.37 Å². The zero-order valence-corrected chi connectivity index (χ0v) is 13.7. The number of aromatic nitrogens is 2. The maximum atomic E-state index is 13.9. The molecular formula is C17H10FN3O3S. The van der Waals surface area contributed by atoms with Gasteiger partial charge in [0.25, 0.3) is 5.43 Å². The Hall–Kier alpha value is -3.13. The Morgan fingerprint density at radius 2 is 2.08 bits per heavy atom. The van der Waals surface area contributed by atoms with E-state index in [4.69, 9.17) is 0 Å². The highest BCUT2D eigenvalue weighted by atomic mass is 32.1. The summed E-state index contributed by atoms with van der Waals surface area (Å²) in [5.74, 6) is -0.318. The minimum absolute atomic E-state index is 0.0185. The second-order valence-electron chi connectivity index (χ2n) is 5.54. The highest BCUT2D eigenvalue weighted by molar-refractivity contribution is 7.17. The molecule has 3 aromatic heterocycles. The highest BCUT2D eigenvalue weighted by Gasteiger charge is 2.19. The molecule has 0 aliphatic heterocycles.